The zero-order chi connectivity index (χ0) is 13.7. The lowest BCUT2D eigenvalue weighted by atomic mass is 10.2. The van der Waals surface area contributed by atoms with Gasteiger partial charge in [-0.1, -0.05) is 0 Å². The summed E-state index contributed by atoms with van der Waals surface area (Å²) in [5.74, 6) is -0.807. The number of amides is 2. The molecule has 0 spiro atoms. The molecule has 6 heteroatoms. The van der Waals surface area contributed by atoms with Crippen LogP contribution < -0.4 is 0 Å². The van der Waals surface area contributed by atoms with Crippen molar-refractivity contribution in [2.45, 2.75) is 26.8 Å². The van der Waals surface area contributed by atoms with E-state index in [1.807, 2.05) is 18.7 Å². The number of piperazine rings is 1. The molecule has 18 heavy (non-hydrogen) atoms. The number of aliphatic carboxylic acids is 1. The Bertz CT molecular complexity index is 297. The van der Waals surface area contributed by atoms with Crippen molar-refractivity contribution >= 4 is 12.0 Å². The maximum Gasteiger partial charge on any atom is 0.320 e. The fourth-order valence-electron chi connectivity index (χ4n) is 2.15. The minimum absolute atomic E-state index is 0.0580. The molecule has 0 aromatic rings. The second kappa shape index (κ2) is 6.58. The molecule has 1 aliphatic rings. The maximum atomic E-state index is 12.1. The van der Waals surface area contributed by atoms with Crippen molar-refractivity contribution in [3.05, 3.63) is 0 Å². The second-order valence-corrected chi connectivity index (χ2v) is 4.49. The van der Waals surface area contributed by atoms with Crippen molar-refractivity contribution in [2.75, 3.05) is 39.3 Å². The number of carbonyl (C=O) groups excluding carboxylic acids is 1. The molecule has 0 aliphatic carbocycles. The van der Waals surface area contributed by atoms with Crippen LogP contribution >= 0.6 is 0 Å². The molecule has 6 nitrogen and oxygen atoms in total. The van der Waals surface area contributed by atoms with E-state index in [2.05, 4.69) is 0 Å². The lowest BCUT2D eigenvalue weighted by molar-refractivity contribution is -0.143. The van der Waals surface area contributed by atoms with Gasteiger partial charge in [-0.3, -0.25) is 9.69 Å². The minimum Gasteiger partial charge on any atom is -0.480 e. The average molecular weight is 257 g/mol. The van der Waals surface area contributed by atoms with Crippen molar-refractivity contribution in [3.63, 3.8) is 0 Å². The van der Waals surface area contributed by atoms with Crippen LogP contribution in [-0.2, 0) is 4.79 Å². The summed E-state index contributed by atoms with van der Waals surface area (Å²) in [6.07, 6.45) is 0. The van der Waals surface area contributed by atoms with Gasteiger partial charge >= 0.3 is 12.0 Å². The van der Waals surface area contributed by atoms with Gasteiger partial charge in [-0.15, -0.1) is 0 Å². The standard InChI is InChI=1S/C12H23N3O3/c1-4-13(5-2)12(18)15-8-6-14(7-9-15)10(3)11(16)17/h10H,4-9H2,1-3H3,(H,16,17). The number of carboxylic acids is 1. The first-order chi connectivity index (χ1) is 8.51. The van der Waals surface area contributed by atoms with E-state index >= 15 is 0 Å². The van der Waals surface area contributed by atoms with Gasteiger partial charge in [0.2, 0.25) is 0 Å². The molecule has 1 fully saturated rings. The summed E-state index contributed by atoms with van der Waals surface area (Å²) in [6.45, 7) is 9.49. The molecule has 1 heterocycles. The summed E-state index contributed by atoms with van der Waals surface area (Å²) in [7, 11) is 0. The Labute approximate surface area is 108 Å². The first-order valence-corrected chi connectivity index (χ1v) is 6.51. The molecule has 1 aliphatic heterocycles. The fraction of sp³-hybridized carbons (Fsp3) is 0.833. The van der Waals surface area contributed by atoms with Crippen molar-refractivity contribution in [3.8, 4) is 0 Å². The van der Waals surface area contributed by atoms with E-state index in [0.717, 1.165) is 0 Å². The van der Waals surface area contributed by atoms with Crippen LogP contribution in [0.1, 0.15) is 20.8 Å². The van der Waals surface area contributed by atoms with Gasteiger partial charge in [0.25, 0.3) is 0 Å². The molecule has 1 unspecified atom stereocenters. The van der Waals surface area contributed by atoms with E-state index in [4.69, 9.17) is 5.11 Å². The third-order valence-electron chi connectivity index (χ3n) is 3.52. The highest BCUT2D eigenvalue weighted by atomic mass is 16.4. The highest BCUT2D eigenvalue weighted by molar-refractivity contribution is 5.75. The topological polar surface area (TPSA) is 64.1 Å². The Morgan fingerprint density at radius 2 is 1.67 bits per heavy atom. The molecule has 1 saturated heterocycles. The molecular weight excluding hydrogens is 234 g/mol. The molecule has 0 aromatic heterocycles. The number of urea groups is 1. The smallest absolute Gasteiger partial charge is 0.320 e. The number of carboxylic acid groups (broad SMARTS) is 1. The Balaban J connectivity index is 2.48. The summed E-state index contributed by atoms with van der Waals surface area (Å²) in [4.78, 5) is 28.5. The van der Waals surface area contributed by atoms with Gasteiger partial charge in [0, 0.05) is 39.3 Å². The molecular formula is C12H23N3O3. The van der Waals surface area contributed by atoms with E-state index in [9.17, 15) is 9.59 Å². The molecule has 0 aromatic carbocycles. The first kappa shape index (κ1) is 14.8. The third-order valence-corrected chi connectivity index (χ3v) is 3.52. The molecule has 1 atom stereocenters. The predicted octanol–water partition coefficient (Wildman–Crippen LogP) is 0.539. The van der Waals surface area contributed by atoms with Crippen LogP contribution in [0.3, 0.4) is 0 Å². The highest BCUT2D eigenvalue weighted by Crippen LogP contribution is 2.09. The molecule has 104 valence electrons. The van der Waals surface area contributed by atoms with Gasteiger partial charge in [0.15, 0.2) is 0 Å². The van der Waals surface area contributed by atoms with Crippen LogP contribution in [0.5, 0.6) is 0 Å². The van der Waals surface area contributed by atoms with Gasteiger partial charge in [-0.25, -0.2) is 4.79 Å². The van der Waals surface area contributed by atoms with Gasteiger partial charge in [0.1, 0.15) is 6.04 Å². The molecule has 0 saturated carbocycles. The van der Waals surface area contributed by atoms with Gasteiger partial charge < -0.3 is 14.9 Å². The number of hydrogen-bond acceptors (Lipinski definition) is 3. The van der Waals surface area contributed by atoms with Crippen LogP contribution in [0.2, 0.25) is 0 Å². The lowest BCUT2D eigenvalue weighted by Gasteiger charge is -2.38. The highest BCUT2D eigenvalue weighted by Gasteiger charge is 2.28. The first-order valence-electron chi connectivity index (χ1n) is 6.51. The molecule has 0 bridgehead atoms. The van der Waals surface area contributed by atoms with E-state index in [1.165, 1.54) is 0 Å². The summed E-state index contributed by atoms with van der Waals surface area (Å²) < 4.78 is 0. The zero-order valence-corrected chi connectivity index (χ0v) is 11.4. The summed E-state index contributed by atoms with van der Waals surface area (Å²) in [5, 5.41) is 8.94. The fourth-order valence-corrected chi connectivity index (χ4v) is 2.15. The van der Waals surface area contributed by atoms with E-state index in [-0.39, 0.29) is 6.03 Å². The Morgan fingerprint density at radius 3 is 2.06 bits per heavy atom. The third kappa shape index (κ3) is 3.35. The van der Waals surface area contributed by atoms with Crippen LogP contribution in [0.15, 0.2) is 0 Å². The largest absolute Gasteiger partial charge is 0.480 e. The van der Waals surface area contributed by atoms with Crippen LogP contribution in [0.25, 0.3) is 0 Å². The predicted molar refractivity (Wildman–Crippen MR) is 68.6 cm³/mol. The van der Waals surface area contributed by atoms with Crippen molar-refractivity contribution in [2.24, 2.45) is 0 Å². The molecule has 1 N–H and O–H groups in total. The van der Waals surface area contributed by atoms with Crippen LogP contribution in [0.4, 0.5) is 4.79 Å². The monoisotopic (exact) mass is 257 g/mol. The number of rotatable bonds is 4. The zero-order valence-electron chi connectivity index (χ0n) is 11.4. The second-order valence-electron chi connectivity index (χ2n) is 4.49. The summed E-state index contributed by atoms with van der Waals surface area (Å²) in [6, 6.07) is -0.418. The normalized spacial score (nSPS) is 18.5. The summed E-state index contributed by atoms with van der Waals surface area (Å²) in [5.41, 5.74) is 0. The average Bonchev–Trinajstić information content (AvgIpc) is 2.39. The molecule has 2 amide bonds. The number of carbonyl (C=O) groups is 2. The van der Waals surface area contributed by atoms with Crippen molar-refractivity contribution in [1.82, 2.24) is 14.7 Å². The van der Waals surface area contributed by atoms with Gasteiger partial charge in [-0.05, 0) is 20.8 Å². The van der Waals surface area contributed by atoms with Crippen molar-refractivity contribution < 1.29 is 14.7 Å². The van der Waals surface area contributed by atoms with Crippen LogP contribution in [0, 0.1) is 0 Å². The maximum absolute atomic E-state index is 12.1. The Kier molecular flexibility index (Phi) is 5.40. The van der Waals surface area contributed by atoms with E-state index < -0.39 is 12.0 Å². The quantitative estimate of drug-likeness (QED) is 0.798. The number of hydrogen-bond donors (Lipinski definition) is 1. The number of nitrogens with zero attached hydrogens (tertiary/aromatic N) is 3. The molecule has 1 rings (SSSR count). The molecule has 0 radical (unpaired) electrons. The Morgan fingerprint density at radius 1 is 1.17 bits per heavy atom. The van der Waals surface area contributed by atoms with Crippen molar-refractivity contribution in [1.29, 1.82) is 0 Å². The SMILES string of the molecule is CCN(CC)C(=O)N1CCN(C(C)C(=O)O)CC1. The van der Waals surface area contributed by atoms with E-state index in [1.54, 1.807) is 16.7 Å². The van der Waals surface area contributed by atoms with E-state index in [0.29, 0.717) is 39.3 Å². The summed E-state index contributed by atoms with van der Waals surface area (Å²) >= 11 is 0. The Hall–Kier alpha value is -1.30. The van der Waals surface area contributed by atoms with Gasteiger partial charge in [-0.2, -0.15) is 0 Å². The van der Waals surface area contributed by atoms with Gasteiger partial charge in [0.05, 0.1) is 0 Å². The minimum atomic E-state index is -0.807. The lowest BCUT2D eigenvalue weighted by Crippen LogP contribution is -2.55. The van der Waals surface area contributed by atoms with Crippen LogP contribution in [-0.4, -0.2) is 77.1 Å².